The van der Waals surface area contributed by atoms with Crippen molar-refractivity contribution in [1.29, 1.82) is 0 Å². The summed E-state index contributed by atoms with van der Waals surface area (Å²) in [6, 6.07) is 0. The highest BCUT2D eigenvalue weighted by atomic mass is 35.5. The van der Waals surface area contributed by atoms with Gasteiger partial charge in [-0.3, -0.25) is 9.79 Å². The normalized spacial score (nSPS) is 16.4. The number of nitrogens with one attached hydrogen (secondary N) is 1. The van der Waals surface area contributed by atoms with Crippen molar-refractivity contribution >= 4 is 35.2 Å². The van der Waals surface area contributed by atoms with Crippen LogP contribution in [0.1, 0.15) is 124 Å². The van der Waals surface area contributed by atoms with Gasteiger partial charge in [0.2, 0.25) is 0 Å². The number of hydrogen-bond donors (Lipinski definition) is 1. The molecule has 6 heteroatoms. The van der Waals surface area contributed by atoms with Crippen LogP contribution in [0.3, 0.4) is 0 Å². The quantitative estimate of drug-likeness (QED) is 0.187. The van der Waals surface area contributed by atoms with E-state index in [0.717, 1.165) is 60.5 Å². The first-order valence-electron chi connectivity index (χ1n) is 13.9. The molecule has 1 N–H and O–H groups in total. The first-order valence-corrected chi connectivity index (χ1v) is 14.7. The Labute approximate surface area is 220 Å². The van der Waals surface area contributed by atoms with Crippen LogP contribution in [0.25, 0.3) is 0 Å². The van der Waals surface area contributed by atoms with Crippen LogP contribution in [0, 0.1) is 5.92 Å². The zero-order valence-electron chi connectivity index (χ0n) is 22.1. The maximum atomic E-state index is 12.7. The van der Waals surface area contributed by atoms with E-state index in [-0.39, 0.29) is 18.3 Å². The molecule has 196 valence electrons. The third-order valence-electron chi connectivity index (χ3n) is 6.69. The summed E-state index contributed by atoms with van der Waals surface area (Å²) in [7, 11) is 0. The topological polar surface area (TPSA) is 44.7 Å². The summed E-state index contributed by atoms with van der Waals surface area (Å²) in [5, 5.41) is 4.01. The van der Waals surface area contributed by atoms with Crippen molar-refractivity contribution in [3.05, 3.63) is 22.9 Å². The van der Waals surface area contributed by atoms with E-state index in [0.29, 0.717) is 0 Å². The lowest BCUT2D eigenvalue weighted by molar-refractivity contribution is -0.116. The number of nitrogens with zero attached hydrogens (tertiary/aromatic N) is 2. The summed E-state index contributed by atoms with van der Waals surface area (Å²) >= 11 is 1.55. The average molecular weight is 512 g/mol. The number of fused-ring (bicyclic) bond motifs is 1. The molecule has 2 heterocycles. The summed E-state index contributed by atoms with van der Waals surface area (Å²) in [4.78, 5) is 20.4. The Morgan fingerprint density at radius 1 is 1.03 bits per heavy atom. The molecule has 0 bridgehead atoms. The van der Waals surface area contributed by atoms with E-state index < -0.39 is 0 Å². The number of unbranched alkanes of at least 4 members (excludes halogenated alkanes) is 9. The summed E-state index contributed by atoms with van der Waals surface area (Å²) < 4.78 is 0. The molecule has 1 atom stereocenters. The number of allylic oxidation sites excluding steroid dienone is 2. The third kappa shape index (κ3) is 11.7. The van der Waals surface area contributed by atoms with Crippen molar-refractivity contribution in [2.45, 2.75) is 124 Å². The fourth-order valence-electron chi connectivity index (χ4n) is 4.67. The summed E-state index contributed by atoms with van der Waals surface area (Å²) in [6.45, 7) is 8.76. The number of thioether (sulfide) groups is 1. The fourth-order valence-corrected chi connectivity index (χ4v) is 5.80. The van der Waals surface area contributed by atoms with Gasteiger partial charge in [0.25, 0.3) is 5.91 Å². The van der Waals surface area contributed by atoms with Crippen LogP contribution in [0.4, 0.5) is 0 Å². The number of rotatable bonds is 18. The van der Waals surface area contributed by atoms with Crippen LogP contribution in [0.2, 0.25) is 0 Å². The summed E-state index contributed by atoms with van der Waals surface area (Å²) in [6.07, 6.45) is 24.5. The van der Waals surface area contributed by atoms with Gasteiger partial charge in [-0.05, 0) is 43.4 Å². The third-order valence-corrected chi connectivity index (χ3v) is 7.85. The molecule has 1 unspecified atom stereocenters. The second-order valence-corrected chi connectivity index (χ2v) is 10.8. The van der Waals surface area contributed by atoms with Crippen molar-refractivity contribution < 1.29 is 4.79 Å². The molecule has 0 aliphatic carbocycles. The Kier molecular flexibility index (Phi) is 17.6. The molecule has 0 saturated carbocycles. The molecule has 0 fully saturated rings. The van der Waals surface area contributed by atoms with Gasteiger partial charge in [0.15, 0.2) is 5.17 Å². The minimum absolute atomic E-state index is 0. The van der Waals surface area contributed by atoms with E-state index in [2.05, 4.69) is 42.1 Å². The van der Waals surface area contributed by atoms with Crippen LogP contribution < -0.4 is 5.32 Å². The molecule has 0 radical (unpaired) electrons. The SMILES string of the molecule is CCCCCCCCC(C)CCCCCC/C=C/NC(=O)C1=C(CCC)N2CCCN=C2S1.Cl. The Bertz CT molecular complexity index is 662. The lowest BCUT2D eigenvalue weighted by Crippen LogP contribution is -2.29. The highest BCUT2D eigenvalue weighted by Crippen LogP contribution is 2.38. The van der Waals surface area contributed by atoms with Crippen molar-refractivity contribution in [2.75, 3.05) is 13.1 Å². The average Bonchev–Trinajstić information content (AvgIpc) is 3.19. The lowest BCUT2D eigenvalue weighted by atomic mass is 9.96. The minimum Gasteiger partial charge on any atom is -0.328 e. The molecule has 2 aliphatic rings. The van der Waals surface area contributed by atoms with Gasteiger partial charge in [-0.25, -0.2) is 0 Å². The predicted molar refractivity (Wildman–Crippen MR) is 153 cm³/mol. The molecular formula is C28H50ClN3OS. The zero-order chi connectivity index (χ0) is 23.7. The van der Waals surface area contributed by atoms with E-state index in [9.17, 15) is 4.79 Å². The van der Waals surface area contributed by atoms with E-state index in [4.69, 9.17) is 0 Å². The number of carbonyl (C=O) groups is 1. The smallest absolute Gasteiger partial charge is 0.263 e. The number of hydrogen-bond acceptors (Lipinski definition) is 4. The van der Waals surface area contributed by atoms with Crippen LogP contribution in [-0.2, 0) is 4.79 Å². The van der Waals surface area contributed by atoms with Gasteiger partial charge in [-0.2, -0.15) is 0 Å². The fraction of sp³-hybridized carbons (Fsp3) is 0.786. The monoisotopic (exact) mass is 511 g/mol. The van der Waals surface area contributed by atoms with Gasteiger partial charge < -0.3 is 10.2 Å². The van der Waals surface area contributed by atoms with Crippen LogP contribution >= 0.6 is 24.2 Å². The second-order valence-electron chi connectivity index (χ2n) is 9.83. The molecule has 0 aromatic rings. The predicted octanol–water partition coefficient (Wildman–Crippen LogP) is 8.59. The highest BCUT2D eigenvalue weighted by molar-refractivity contribution is 8.18. The van der Waals surface area contributed by atoms with Gasteiger partial charge in [-0.15, -0.1) is 12.4 Å². The van der Waals surface area contributed by atoms with E-state index in [1.165, 1.54) is 77.0 Å². The molecule has 0 aromatic heterocycles. The molecule has 2 rings (SSSR count). The Morgan fingerprint density at radius 2 is 1.71 bits per heavy atom. The molecule has 2 aliphatic heterocycles. The second kappa shape index (κ2) is 19.3. The molecule has 1 amide bonds. The lowest BCUT2D eigenvalue weighted by Gasteiger charge is -2.25. The summed E-state index contributed by atoms with van der Waals surface area (Å²) in [5.41, 5.74) is 1.16. The molecule has 4 nitrogen and oxygen atoms in total. The van der Waals surface area contributed by atoms with Crippen molar-refractivity contribution in [3.8, 4) is 0 Å². The number of amides is 1. The maximum Gasteiger partial charge on any atom is 0.263 e. The molecule has 0 aromatic carbocycles. The minimum atomic E-state index is 0. The van der Waals surface area contributed by atoms with E-state index >= 15 is 0 Å². The summed E-state index contributed by atoms with van der Waals surface area (Å²) in [5.74, 6) is 0.911. The van der Waals surface area contributed by atoms with E-state index in [1.807, 2.05) is 6.20 Å². The Balaban J connectivity index is 0.00000578. The largest absolute Gasteiger partial charge is 0.328 e. The molecule has 0 spiro atoms. The number of amidine groups is 1. The molecule has 34 heavy (non-hydrogen) atoms. The van der Waals surface area contributed by atoms with Crippen LogP contribution in [-0.4, -0.2) is 29.1 Å². The standard InChI is InChI=1S/C28H49N3OS.ClH/c1-4-6-7-8-11-14-19-24(3)20-15-12-9-10-13-16-21-29-27(32)26-25(18-5-2)31-23-17-22-30-28(31)33-26;/h16,21,24H,4-15,17-20,22-23H2,1-3H3,(H,29,32);1H/b21-16+;. The number of aliphatic imine (C=N–C) groups is 1. The zero-order valence-corrected chi connectivity index (χ0v) is 23.7. The maximum absolute atomic E-state index is 12.7. The Hall–Kier alpha value is -0.940. The number of halogens is 1. The first-order chi connectivity index (χ1) is 16.2. The highest BCUT2D eigenvalue weighted by Gasteiger charge is 2.33. The van der Waals surface area contributed by atoms with Crippen LogP contribution in [0.5, 0.6) is 0 Å². The molecular weight excluding hydrogens is 462 g/mol. The van der Waals surface area contributed by atoms with Crippen molar-refractivity contribution in [1.82, 2.24) is 10.2 Å². The molecule has 0 saturated heterocycles. The van der Waals surface area contributed by atoms with Gasteiger partial charge in [0.1, 0.15) is 0 Å². The van der Waals surface area contributed by atoms with E-state index in [1.54, 1.807) is 11.8 Å². The Morgan fingerprint density at radius 3 is 2.41 bits per heavy atom. The van der Waals surface area contributed by atoms with Crippen molar-refractivity contribution in [2.24, 2.45) is 10.9 Å². The first kappa shape index (κ1) is 31.1. The van der Waals surface area contributed by atoms with Gasteiger partial charge in [0.05, 0.1) is 4.91 Å². The van der Waals surface area contributed by atoms with Gasteiger partial charge in [0, 0.05) is 25.0 Å². The van der Waals surface area contributed by atoms with Gasteiger partial charge in [-0.1, -0.05) is 104 Å². The van der Waals surface area contributed by atoms with Crippen LogP contribution in [0.15, 0.2) is 27.9 Å². The number of carbonyl (C=O) groups excluding carboxylic acids is 1. The van der Waals surface area contributed by atoms with Crippen molar-refractivity contribution in [3.63, 3.8) is 0 Å². The van der Waals surface area contributed by atoms with Gasteiger partial charge >= 0.3 is 0 Å².